The molecule has 0 aromatic carbocycles. The zero-order valence-electron chi connectivity index (χ0n) is 17.4. The fraction of sp³-hybridized carbons (Fsp3) is 0.250. The lowest BCUT2D eigenvalue weighted by molar-refractivity contribution is -0.141. The number of fused-ring (bicyclic) bond motifs is 1. The van der Waals surface area contributed by atoms with E-state index in [1.54, 1.807) is 18.9 Å². The highest BCUT2D eigenvalue weighted by atomic mass is 19.4. The van der Waals surface area contributed by atoms with E-state index in [1.165, 1.54) is 18.5 Å². The molecule has 9 nitrogen and oxygen atoms in total. The molecule has 0 fully saturated rings. The molecular formula is C20H21F3N8O. The molecule has 2 aromatic rings. The first kappa shape index (κ1) is 22.7. The van der Waals surface area contributed by atoms with Crippen molar-refractivity contribution in [3.8, 4) is 0 Å². The molecule has 0 saturated carbocycles. The lowest BCUT2D eigenvalue weighted by atomic mass is 10.2. The average Bonchev–Trinajstić information content (AvgIpc) is 2.75. The standard InChI is InChI=1S/C20H21F3N8O/c1-11-16-17(31(3)12(2)18(32)29-16)30-19(28-11)27-10-14(6-24)8-25-7-13-4-5-15(26-9-13)20(21,22)23/h4-6,8-9H,2,7,10,24H2,1,3H3,(H,29,32)(H,27,28,30). The molecule has 0 radical (unpaired) electrons. The molecule has 3 rings (SSSR count). The number of amides is 1. The maximum atomic E-state index is 12.6. The van der Waals surface area contributed by atoms with Crippen LogP contribution in [0.2, 0.25) is 0 Å². The van der Waals surface area contributed by atoms with Crippen LogP contribution in [0.15, 0.2) is 47.4 Å². The van der Waals surface area contributed by atoms with Crippen LogP contribution in [0.4, 0.5) is 30.6 Å². The van der Waals surface area contributed by atoms with Crippen molar-refractivity contribution in [1.82, 2.24) is 15.0 Å². The summed E-state index contributed by atoms with van der Waals surface area (Å²) in [6.45, 7) is 5.86. The Bertz CT molecular complexity index is 1090. The number of nitrogens with one attached hydrogen (secondary N) is 2. The number of aryl methyl sites for hydroxylation is 1. The van der Waals surface area contributed by atoms with Gasteiger partial charge in [-0.2, -0.15) is 18.2 Å². The van der Waals surface area contributed by atoms with Gasteiger partial charge in [-0.05, 0) is 18.6 Å². The Hall–Kier alpha value is -3.96. The molecule has 1 amide bonds. The SMILES string of the molecule is C=C1C(=O)Nc2c(C)nc(NCC(C=NCc3ccc(C(F)(F)F)nc3)=CN)nc2N1C. The van der Waals surface area contributed by atoms with Crippen molar-refractivity contribution < 1.29 is 18.0 Å². The summed E-state index contributed by atoms with van der Waals surface area (Å²) < 4.78 is 37.7. The zero-order chi connectivity index (χ0) is 23.5. The number of anilines is 3. The fourth-order valence-electron chi connectivity index (χ4n) is 2.77. The number of pyridine rings is 1. The first-order valence-electron chi connectivity index (χ1n) is 9.39. The second-order valence-corrected chi connectivity index (χ2v) is 6.91. The predicted molar refractivity (Wildman–Crippen MR) is 115 cm³/mol. The minimum Gasteiger partial charge on any atom is -0.404 e. The number of likely N-dealkylation sites (N-methyl/N-ethyl adjacent to an activating group) is 1. The number of halogens is 3. The minimum atomic E-state index is -4.48. The average molecular weight is 446 g/mol. The highest BCUT2D eigenvalue weighted by Gasteiger charge is 2.32. The molecule has 0 aliphatic carbocycles. The Morgan fingerprint density at radius 1 is 1.38 bits per heavy atom. The number of rotatable bonds is 6. The number of nitrogens with zero attached hydrogens (tertiary/aromatic N) is 5. The molecule has 0 saturated heterocycles. The van der Waals surface area contributed by atoms with Crippen LogP contribution in [0.5, 0.6) is 0 Å². The largest absolute Gasteiger partial charge is 0.433 e. The van der Waals surface area contributed by atoms with Gasteiger partial charge in [-0.1, -0.05) is 12.6 Å². The number of alkyl halides is 3. The highest BCUT2D eigenvalue weighted by Crippen LogP contribution is 2.33. The van der Waals surface area contributed by atoms with Gasteiger partial charge in [0.2, 0.25) is 5.95 Å². The molecule has 32 heavy (non-hydrogen) atoms. The van der Waals surface area contributed by atoms with E-state index in [2.05, 4.69) is 37.2 Å². The summed E-state index contributed by atoms with van der Waals surface area (Å²) in [5.41, 5.74) is 7.17. The van der Waals surface area contributed by atoms with Crippen LogP contribution in [0, 0.1) is 6.92 Å². The molecule has 4 N–H and O–H groups in total. The van der Waals surface area contributed by atoms with Gasteiger partial charge in [0.05, 0.1) is 12.2 Å². The summed E-state index contributed by atoms with van der Waals surface area (Å²) >= 11 is 0. The number of aliphatic imine (C=N–C) groups is 1. The van der Waals surface area contributed by atoms with Crippen LogP contribution >= 0.6 is 0 Å². The van der Waals surface area contributed by atoms with Gasteiger partial charge in [0.25, 0.3) is 5.91 Å². The molecule has 168 valence electrons. The number of hydrogen-bond acceptors (Lipinski definition) is 8. The van der Waals surface area contributed by atoms with Gasteiger partial charge in [-0.3, -0.25) is 14.8 Å². The quantitative estimate of drug-likeness (QED) is 0.461. The number of aromatic nitrogens is 3. The summed E-state index contributed by atoms with van der Waals surface area (Å²) in [7, 11) is 1.68. The van der Waals surface area contributed by atoms with E-state index in [1.807, 2.05) is 0 Å². The van der Waals surface area contributed by atoms with Crippen LogP contribution in [0.25, 0.3) is 0 Å². The summed E-state index contributed by atoms with van der Waals surface area (Å²) in [6, 6.07) is 2.24. The maximum Gasteiger partial charge on any atom is 0.433 e. The van der Waals surface area contributed by atoms with Gasteiger partial charge in [-0.25, -0.2) is 4.98 Å². The summed E-state index contributed by atoms with van der Waals surface area (Å²) in [5, 5.41) is 5.75. The molecule has 0 atom stereocenters. The van der Waals surface area contributed by atoms with Crippen molar-refractivity contribution >= 4 is 29.6 Å². The van der Waals surface area contributed by atoms with Crippen LogP contribution in [0.1, 0.15) is 17.0 Å². The fourth-order valence-corrected chi connectivity index (χ4v) is 2.77. The topological polar surface area (TPSA) is 121 Å². The van der Waals surface area contributed by atoms with Gasteiger partial charge in [0.15, 0.2) is 5.82 Å². The Labute approximate surface area is 182 Å². The van der Waals surface area contributed by atoms with E-state index < -0.39 is 11.9 Å². The van der Waals surface area contributed by atoms with Crippen molar-refractivity contribution in [1.29, 1.82) is 0 Å². The molecule has 0 unspecified atom stereocenters. The first-order chi connectivity index (χ1) is 15.1. The monoisotopic (exact) mass is 446 g/mol. The third kappa shape index (κ3) is 5.02. The van der Waals surface area contributed by atoms with E-state index in [0.717, 1.165) is 12.3 Å². The Kier molecular flexibility index (Phi) is 6.42. The third-order valence-electron chi connectivity index (χ3n) is 4.60. The van der Waals surface area contributed by atoms with Gasteiger partial charge >= 0.3 is 6.18 Å². The Morgan fingerprint density at radius 3 is 2.75 bits per heavy atom. The Balaban J connectivity index is 1.63. The lowest BCUT2D eigenvalue weighted by Crippen LogP contribution is -2.34. The van der Waals surface area contributed by atoms with E-state index in [9.17, 15) is 18.0 Å². The normalized spacial score (nSPS) is 14.5. The molecule has 2 aromatic heterocycles. The number of carbonyl (C=O) groups is 1. The van der Waals surface area contributed by atoms with Crippen molar-refractivity contribution in [2.24, 2.45) is 10.7 Å². The van der Waals surface area contributed by atoms with Crippen LogP contribution in [-0.2, 0) is 17.5 Å². The second kappa shape index (κ2) is 9.04. The van der Waals surface area contributed by atoms with Crippen molar-refractivity contribution in [3.05, 3.63) is 59.3 Å². The lowest BCUT2D eigenvalue weighted by Gasteiger charge is -2.28. The molecule has 3 heterocycles. The van der Waals surface area contributed by atoms with E-state index in [-0.39, 0.29) is 24.7 Å². The number of nitrogens with two attached hydrogens (primary N) is 1. The van der Waals surface area contributed by atoms with Crippen molar-refractivity contribution in [3.63, 3.8) is 0 Å². The van der Waals surface area contributed by atoms with Gasteiger partial charge in [-0.15, -0.1) is 0 Å². The molecule has 1 aliphatic heterocycles. The van der Waals surface area contributed by atoms with Crippen LogP contribution < -0.4 is 21.3 Å². The van der Waals surface area contributed by atoms with Crippen LogP contribution in [0.3, 0.4) is 0 Å². The summed E-state index contributed by atoms with van der Waals surface area (Å²) in [4.78, 5) is 29.8. The maximum absolute atomic E-state index is 12.6. The van der Waals surface area contributed by atoms with E-state index >= 15 is 0 Å². The van der Waals surface area contributed by atoms with Crippen molar-refractivity contribution in [2.45, 2.75) is 19.6 Å². The number of hydrogen-bond donors (Lipinski definition) is 3. The van der Waals surface area contributed by atoms with E-state index in [4.69, 9.17) is 5.73 Å². The molecule has 1 aliphatic rings. The van der Waals surface area contributed by atoms with Crippen LogP contribution in [-0.4, -0.2) is 40.7 Å². The van der Waals surface area contributed by atoms with Crippen molar-refractivity contribution in [2.75, 3.05) is 29.1 Å². The molecular weight excluding hydrogens is 425 g/mol. The van der Waals surface area contributed by atoms with Gasteiger partial charge < -0.3 is 21.3 Å². The van der Waals surface area contributed by atoms with Gasteiger partial charge in [0.1, 0.15) is 17.1 Å². The molecule has 0 bridgehead atoms. The zero-order valence-corrected chi connectivity index (χ0v) is 17.4. The Morgan fingerprint density at radius 2 is 2.12 bits per heavy atom. The highest BCUT2D eigenvalue weighted by molar-refractivity contribution is 6.11. The van der Waals surface area contributed by atoms with Gasteiger partial charge in [0, 0.05) is 37.8 Å². The van der Waals surface area contributed by atoms with E-state index in [0.29, 0.717) is 34.3 Å². The number of carbonyl (C=O) groups excluding carboxylic acids is 1. The summed E-state index contributed by atoms with van der Waals surface area (Å²) in [6.07, 6.45) is -0.490. The first-order valence-corrected chi connectivity index (χ1v) is 9.39. The third-order valence-corrected chi connectivity index (χ3v) is 4.60. The predicted octanol–water partition coefficient (Wildman–Crippen LogP) is 2.63. The minimum absolute atomic E-state index is 0.142. The molecule has 12 heteroatoms. The smallest absolute Gasteiger partial charge is 0.404 e. The molecule has 0 spiro atoms. The second-order valence-electron chi connectivity index (χ2n) is 6.91. The summed E-state index contributed by atoms with van der Waals surface area (Å²) in [5.74, 6) is 0.503.